The van der Waals surface area contributed by atoms with Gasteiger partial charge >= 0.3 is 0 Å². The van der Waals surface area contributed by atoms with Crippen LogP contribution in [-0.4, -0.2) is 19.1 Å². The van der Waals surface area contributed by atoms with Crippen LogP contribution in [-0.2, 0) is 6.42 Å². The fourth-order valence-corrected chi connectivity index (χ4v) is 1.75. The Bertz CT molecular complexity index is 289. The predicted octanol–water partition coefficient (Wildman–Crippen LogP) is 2.21. The van der Waals surface area contributed by atoms with Crippen LogP contribution < -0.4 is 11.1 Å². The van der Waals surface area contributed by atoms with Crippen molar-refractivity contribution in [1.29, 1.82) is 0 Å². The Morgan fingerprint density at radius 2 is 2.27 bits per heavy atom. The predicted molar refractivity (Wildman–Crippen MR) is 66.3 cm³/mol. The van der Waals surface area contributed by atoms with Gasteiger partial charge in [0.1, 0.15) is 0 Å². The molecule has 3 heteroatoms. The van der Waals surface area contributed by atoms with E-state index in [-0.39, 0.29) is 0 Å². The van der Waals surface area contributed by atoms with E-state index in [4.69, 9.17) is 17.3 Å². The SMILES string of the molecule is CC(Cc1cccc(Cl)c1)NCCCN. The fourth-order valence-electron chi connectivity index (χ4n) is 1.54. The first-order valence-electron chi connectivity index (χ1n) is 5.40. The van der Waals surface area contributed by atoms with Gasteiger partial charge in [0, 0.05) is 11.1 Å². The van der Waals surface area contributed by atoms with E-state index in [0.29, 0.717) is 6.04 Å². The first-order valence-corrected chi connectivity index (χ1v) is 5.78. The van der Waals surface area contributed by atoms with Gasteiger partial charge in [0.25, 0.3) is 0 Å². The van der Waals surface area contributed by atoms with Crippen LogP contribution in [0.5, 0.6) is 0 Å². The maximum atomic E-state index is 5.92. The summed E-state index contributed by atoms with van der Waals surface area (Å²) in [7, 11) is 0. The topological polar surface area (TPSA) is 38.0 Å². The molecule has 1 aromatic carbocycles. The number of halogens is 1. The largest absolute Gasteiger partial charge is 0.330 e. The van der Waals surface area contributed by atoms with Crippen molar-refractivity contribution in [2.24, 2.45) is 5.73 Å². The van der Waals surface area contributed by atoms with E-state index in [1.807, 2.05) is 18.2 Å². The van der Waals surface area contributed by atoms with E-state index in [1.54, 1.807) is 0 Å². The maximum Gasteiger partial charge on any atom is 0.0408 e. The van der Waals surface area contributed by atoms with Crippen molar-refractivity contribution >= 4 is 11.6 Å². The molecule has 0 amide bonds. The van der Waals surface area contributed by atoms with Crippen molar-refractivity contribution in [3.8, 4) is 0 Å². The molecular formula is C12H19ClN2. The average Bonchev–Trinajstić information content (AvgIpc) is 2.18. The van der Waals surface area contributed by atoms with Gasteiger partial charge < -0.3 is 11.1 Å². The molecule has 0 saturated carbocycles. The van der Waals surface area contributed by atoms with E-state index in [9.17, 15) is 0 Å². The van der Waals surface area contributed by atoms with E-state index in [1.165, 1.54) is 5.56 Å². The molecule has 0 aromatic heterocycles. The van der Waals surface area contributed by atoms with Gasteiger partial charge in [-0.15, -0.1) is 0 Å². The van der Waals surface area contributed by atoms with Gasteiger partial charge in [-0.2, -0.15) is 0 Å². The molecule has 0 aliphatic rings. The number of hydrogen-bond donors (Lipinski definition) is 2. The highest BCUT2D eigenvalue weighted by atomic mass is 35.5. The normalized spacial score (nSPS) is 12.7. The lowest BCUT2D eigenvalue weighted by molar-refractivity contribution is 0.537. The molecule has 3 N–H and O–H groups in total. The van der Waals surface area contributed by atoms with Gasteiger partial charge in [-0.1, -0.05) is 23.7 Å². The zero-order chi connectivity index (χ0) is 11.1. The van der Waals surface area contributed by atoms with Crippen LogP contribution in [0.1, 0.15) is 18.9 Å². The van der Waals surface area contributed by atoms with Crippen LogP contribution in [0, 0.1) is 0 Å². The summed E-state index contributed by atoms with van der Waals surface area (Å²) in [6, 6.07) is 8.48. The average molecular weight is 227 g/mol. The van der Waals surface area contributed by atoms with Crippen molar-refractivity contribution in [3.05, 3.63) is 34.9 Å². The highest BCUT2D eigenvalue weighted by Gasteiger charge is 2.02. The molecular weight excluding hydrogens is 208 g/mol. The van der Waals surface area contributed by atoms with Gasteiger partial charge in [0.15, 0.2) is 0 Å². The van der Waals surface area contributed by atoms with Crippen LogP contribution >= 0.6 is 11.6 Å². The maximum absolute atomic E-state index is 5.92. The minimum Gasteiger partial charge on any atom is -0.330 e. The Morgan fingerprint density at radius 3 is 2.93 bits per heavy atom. The molecule has 1 rings (SSSR count). The summed E-state index contributed by atoms with van der Waals surface area (Å²) in [6.45, 7) is 3.91. The summed E-state index contributed by atoms with van der Waals surface area (Å²) in [6.07, 6.45) is 2.03. The molecule has 84 valence electrons. The number of rotatable bonds is 6. The Labute approximate surface area is 96.8 Å². The van der Waals surface area contributed by atoms with Crippen LogP contribution in [0.3, 0.4) is 0 Å². The molecule has 0 heterocycles. The molecule has 0 aliphatic heterocycles. The molecule has 1 aromatic rings. The third-order valence-corrected chi connectivity index (χ3v) is 2.54. The van der Waals surface area contributed by atoms with Crippen molar-refractivity contribution in [2.45, 2.75) is 25.8 Å². The Morgan fingerprint density at radius 1 is 1.47 bits per heavy atom. The fraction of sp³-hybridized carbons (Fsp3) is 0.500. The lowest BCUT2D eigenvalue weighted by atomic mass is 10.1. The first-order chi connectivity index (χ1) is 7.22. The second kappa shape index (κ2) is 6.83. The molecule has 2 nitrogen and oxygen atoms in total. The number of nitrogens with two attached hydrogens (primary N) is 1. The van der Waals surface area contributed by atoms with Crippen LogP contribution in [0.15, 0.2) is 24.3 Å². The quantitative estimate of drug-likeness (QED) is 0.730. The van der Waals surface area contributed by atoms with Crippen molar-refractivity contribution in [3.63, 3.8) is 0 Å². The van der Waals surface area contributed by atoms with E-state index in [0.717, 1.165) is 31.0 Å². The number of nitrogens with one attached hydrogen (secondary N) is 1. The minimum atomic E-state index is 0.468. The molecule has 0 saturated heterocycles. The second-order valence-corrected chi connectivity index (χ2v) is 4.27. The molecule has 0 bridgehead atoms. The third kappa shape index (κ3) is 5.17. The number of benzene rings is 1. The molecule has 0 radical (unpaired) electrons. The molecule has 1 unspecified atom stereocenters. The summed E-state index contributed by atoms with van der Waals surface area (Å²) in [5.41, 5.74) is 6.70. The molecule has 0 aliphatic carbocycles. The van der Waals surface area contributed by atoms with Crippen molar-refractivity contribution in [1.82, 2.24) is 5.32 Å². The Hall–Kier alpha value is -0.570. The van der Waals surface area contributed by atoms with Gasteiger partial charge in [0.2, 0.25) is 0 Å². The highest BCUT2D eigenvalue weighted by Crippen LogP contribution is 2.12. The van der Waals surface area contributed by atoms with Gasteiger partial charge in [-0.05, 0) is 50.6 Å². The van der Waals surface area contributed by atoms with Crippen molar-refractivity contribution in [2.75, 3.05) is 13.1 Å². The number of hydrogen-bond acceptors (Lipinski definition) is 2. The zero-order valence-corrected chi connectivity index (χ0v) is 9.93. The third-order valence-electron chi connectivity index (χ3n) is 2.30. The molecule has 15 heavy (non-hydrogen) atoms. The zero-order valence-electron chi connectivity index (χ0n) is 9.17. The second-order valence-electron chi connectivity index (χ2n) is 3.83. The van der Waals surface area contributed by atoms with Gasteiger partial charge in [-0.3, -0.25) is 0 Å². The smallest absolute Gasteiger partial charge is 0.0408 e. The Kier molecular flexibility index (Phi) is 5.69. The first kappa shape index (κ1) is 12.5. The summed E-state index contributed by atoms with van der Waals surface area (Å²) < 4.78 is 0. The molecule has 0 fully saturated rings. The van der Waals surface area contributed by atoms with Crippen LogP contribution in [0.4, 0.5) is 0 Å². The van der Waals surface area contributed by atoms with Crippen LogP contribution in [0.25, 0.3) is 0 Å². The van der Waals surface area contributed by atoms with E-state index >= 15 is 0 Å². The van der Waals surface area contributed by atoms with Gasteiger partial charge in [0.05, 0.1) is 0 Å². The lowest BCUT2D eigenvalue weighted by Crippen LogP contribution is -2.30. The summed E-state index contributed by atoms with van der Waals surface area (Å²) in [5.74, 6) is 0. The summed E-state index contributed by atoms with van der Waals surface area (Å²) >= 11 is 5.92. The van der Waals surface area contributed by atoms with E-state index < -0.39 is 0 Å². The molecule has 0 spiro atoms. The summed E-state index contributed by atoms with van der Waals surface area (Å²) in [4.78, 5) is 0. The van der Waals surface area contributed by atoms with Gasteiger partial charge in [-0.25, -0.2) is 0 Å². The lowest BCUT2D eigenvalue weighted by Gasteiger charge is -2.13. The Balaban J connectivity index is 2.34. The monoisotopic (exact) mass is 226 g/mol. The van der Waals surface area contributed by atoms with Crippen molar-refractivity contribution < 1.29 is 0 Å². The summed E-state index contributed by atoms with van der Waals surface area (Å²) in [5, 5.41) is 4.24. The standard InChI is InChI=1S/C12H19ClN2/c1-10(15-7-3-6-14)8-11-4-2-5-12(13)9-11/h2,4-5,9-10,15H,3,6-8,14H2,1H3. The minimum absolute atomic E-state index is 0.468. The van der Waals surface area contributed by atoms with Crippen LogP contribution in [0.2, 0.25) is 5.02 Å². The molecule has 1 atom stereocenters. The van der Waals surface area contributed by atoms with E-state index in [2.05, 4.69) is 18.3 Å². The highest BCUT2D eigenvalue weighted by molar-refractivity contribution is 6.30.